The second-order valence-electron chi connectivity index (χ2n) is 5.01. The Morgan fingerprint density at radius 2 is 2.10 bits per heavy atom. The maximum Gasteiger partial charge on any atom is 0.239 e. The van der Waals surface area contributed by atoms with E-state index in [-0.39, 0.29) is 0 Å². The van der Waals surface area contributed by atoms with Gasteiger partial charge in [-0.3, -0.25) is 5.43 Å². The van der Waals surface area contributed by atoms with Gasteiger partial charge in [0.15, 0.2) is 0 Å². The minimum absolute atomic E-state index is 0.449. The Morgan fingerprint density at radius 3 is 2.90 bits per heavy atom. The van der Waals surface area contributed by atoms with E-state index in [1.165, 1.54) is 19.3 Å². The third-order valence-electron chi connectivity index (χ3n) is 3.81. The number of fused-ring (bicyclic) bond motifs is 1. The van der Waals surface area contributed by atoms with Crippen molar-refractivity contribution in [1.82, 2.24) is 9.97 Å². The molecule has 2 aromatic rings. The van der Waals surface area contributed by atoms with Crippen molar-refractivity contribution in [1.29, 1.82) is 0 Å². The first-order valence-corrected chi connectivity index (χ1v) is 8.13. The standard InChI is InChI=1S/C14H19N5S/c1-20-12-8-4-7-11(12)16-13-9-5-2-3-6-10(9)17-14(18-13)19-15/h2-3,5-6,11-12H,4,7-8,15H2,1H3,(H2,16,17,18,19). The molecule has 1 aliphatic carbocycles. The molecular formula is C14H19N5S. The van der Waals surface area contributed by atoms with Gasteiger partial charge >= 0.3 is 0 Å². The molecule has 0 saturated heterocycles. The Morgan fingerprint density at radius 1 is 1.25 bits per heavy atom. The average molecular weight is 289 g/mol. The van der Waals surface area contributed by atoms with Gasteiger partial charge in [-0.1, -0.05) is 18.6 Å². The molecule has 3 rings (SSSR count). The fourth-order valence-corrected chi connectivity index (χ4v) is 3.74. The zero-order valence-corrected chi connectivity index (χ0v) is 12.3. The zero-order chi connectivity index (χ0) is 13.9. The number of hydrogen-bond acceptors (Lipinski definition) is 6. The Kier molecular flexibility index (Phi) is 3.93. The summed E-state index contributed by atoms with van der Waals surface area (Å²) in [6.45, 7) is 0. The SMILES string of the molecule is CSC1CCCC1Nc1nc(NN)nc2ccccc12. The number of benzene rings is 1. The molecule has 0 aliphatic heterocycles. The Bertz CT molecular complexity index is 603. The predicted octanol–water partition coefficient (Wildman–Crippen LogP) is 2.61. The van der Waals surface area contributed by atoms with E-state index in [1.54, 1.807) is 0 Å². The van der Waals surface area contributed by atoms with Crippen LogP contribution in [0.4, 0.5) is 11.8 Å². The summed E-state index contributed by atoms with van der Waals surface area (Å²) in [4.78, 5) is 8.86. The van der Waals surface area contributed by atoms with E-state index in [2.05, 4.69) is 27.0 Å². The molecule has 1 saturated carbocycles. The van der Waals surface area contributed by atoms with Crippen LogP contribution in [0.3, 0.4) is 0 Å². The summed E-state index contributed by atoms with van der Waals surface area (Å²) in [5.41, 5.74) is 3.44. The van der Waals surface area contributed by atoms with E-state index in [1.807, 2.05) is 36.0 Å². The van der Waals surface area contributed by atoms with Crippen LogP contribution >= 0.6 is 11.8 Å². The third-order valence-corrected chi connectivity index (χ3v) is 4.98. The molecule has 0 radical (unpaired) electrons. The number of rotatable bonds is 4. The third kappa shape index (κ3) is 2.53. The van der Waals surface area contributed by atoms with Crippen molar-refractivity contribution in [2.75, 3.05) is 17.0 Å². The van der Waals surface area contributed by atoms with Crippen molar-refractivity contribution >= 4 is 34.4 Å². The fourth-order valence-electron chi connectivity index (χ4n) is 2.80. The van der Waals surface area contributed by atoms with Crippen LogP contribution in [0.2, 0.25) is 0 Å². The first-order valence-electron chi connectivity index (χ1n) is 6.84. The minimum Gasteiger partial charge on any atom is -0.366 e. The van der Waals surface area contributed by atoms with Crippen molar-refractivity contribution < 1.29 is 0 Å². The van der Waals surface area contributed by atoms with Crippen molar-refractivity contribution in [3.8, 4) is 0 Å². The van der Waals surface area contributed by atoms with E-state index in [4.69, 9.17) is 5.84 Å². The summed E-state index contributed by atoms with van der Waals surface area (Å²) >= 11 is 1.93. The van der Waals surface area contributed by atoms with Crippen LogP contribution in [-0.2, 0) is 0 Å². The fraction of sp³-hybridized carbons (Fsp3) is 0.429. The average Bonchev–Trinajstić information content (AvgIpc) is 2.94. The molecule has 1 aromatic carbocycles. The molecule has 6 heteroatoms. The highest BCUT2D eigenvalue weighted by molar-refractivity contribution is 7.99. The summed E-state index contributed by atoms with van der Waals surface area (Å²) in [6, 6.07) is 8.46. The van der Waals surface area contributed by atoms with Crippen molar-refractivity contribution in [3.63, 3.8) is 0 Å². The van der Waals surface area contributed by atoms with Gasteiger partial charge in [-0.25, -0.2) is 10.8 Å². The molecule has 20 heavy (non-hydrogen) atoms. The number of nitrogen functional groups attached to an aromatic ring is 1. The van der Waals surface area contributed by atoms with Gasteiger partial charge in [0.05, 0.1) is 5.52 Å². The summed E-state index contributed by atoms with van der Waals surface area (Å²) < 4.78 is 0. The summed E-state index contributed by atoms with van der Waals surface area (Å²) in [6.07, 6.45) is 5.91. The number of nitrogens with zero attached hydrogens (tertiary/aromatic N) is 2. The summed E-state index contributed by atoms with van der Waals surface area (Å²) in [7, 11) is 0. The number of nitrogens with two attached hydrogens (primary N) is 1. The molecule has 2 atom stereocenters. The molecular weight excluding hydrogens is 270 g/mol. The second kappa shape index (κ2) is 5.85. The molecule has 0 bridgehead atoms. The van der Waals surface area contributed by atoms with E-state index in [9.17, 15) is 0 Å². The lowest BCUT2D eigenvalue weighted by molar-refractivity contribution is 0.764. The summed E-state index contributed by atoms with van der Waals surface area (Å²) in [5, 5.41) is 5.28. The van der Waals surface area contributed by atoms with Gasteiger partial charge in [-0.15, -0.1) is 0 Å². The minimum atomic E-state index is 0.449. The molecule has 5 nitrogen and oxygen atoms in total. The van der Waals surface area contributed by atoms with E-state index < -0.39 is 0 Å². The van der Waals surface area contributed by atoms with Crippen molar-refractivity contribution in [2.45, 2.75) is 30.6 Å². The van der Waals surface area contributed by atoms with Gasteiger partial charge in [0.2, 0.25) is 5.95 Å². The maximum atomic E-state index is 5.46. The predicted molar refractivity (Wildman–Crippen MR) is 85.9 cm³/mol. The first-order chi connectivity index (χ1) is 9.81. The lowest BCUT2D eigenvalue weighted by Crippen LogP contribution is -2.26. The highest BCUT2D eigenvalue weighted by atomic mass is 32.2. The van der Waals surface area contributed by atoms with Crippen LogP contribution in [-0.4, -0.2) is 27.5 Å². The van der Waals surface area contributed by atoms with Crippen LogP contribution in [0.1, 0.15) is 19.3 Å². The van der Waals surface area contributed by atoms with Crippen LogP contribution in [0.25, 0.3) is 10.9 Å². The Labute approximate surface area is 122 Å². The van der Waals surface area contributed by atoms with Gasteiger partial charge in [0.25, 0.3) is 0 Å². The van der Waals surface area contributed by atoms with E-state index >= 15 is 0 Å². The smallest absolute Gasteiger partial charge is 0.239 e. The normalized spacial score (nSPS) is 22.1. The molecule has 1 aromatic heterocycles. The number of hydrogen-bond donors (Lipinski definition) is 3. The molecule has 0 spiro atoms. The van der Waals surface area contributed by atoms with Gasteiger partial charge < -0.3 is 5.32 Å². The van der Waals surface area contributed by atoms with E-state index in [0.717, 1.165) is 16.7 Å². The van der Waals surface area contributed by atoms with E-state index in [0.29, 0.717) is 17.2 Å². The number of aromatic nitrogens is 2. The van der Waals surface area contributed by atoms with Crippen molar-refractivity contribution in [2.24, 2.45) is 5.84 Å². The highest BCUT2D eigenvalue weighted by Crippen LogP contribution is 2.32. The molecule has 1 heterocycles. The molecule has 0 amide bonds. The topological polar surface area (TPSA) is 75.9 Å². The van der Waals surface area contributed by atoms with Crippen molar-refractivity contribution in [3.05, 3.63) is 24.3 Å². The van der Waals surface area contributed by atoms with Crippen LogP contribution in [0, 0.1) is 0 Å². The zero-order valence-electron chi connectivity index (χ0n) is 11.5. The lowest BCUT2D eigenvalue weighted by atomic mass is 10.2. The summed E-state index contributed by atoms with van der Waals surface area (Å²) in [5.74, 6) is 6.78. The molecule has 106 valence electrons. The second-order valence-corrected chi connectivity index (χ2v) is 6.09. The largest absolute Gasteiger partial charge is 0.366 e. The van der Waals surface area contributed by atoms with Gasteiger partial charge in [0.1, 0.15) is 5.82 Å². The number of hydrazine groups is 1. The number of nitrogens with one attached hydrogen (secondary N) is 2. The molecule has 1 aliphatic rings. The van der Waals surface area contributed by atoms with Crippen LogP contribution in [0.5, 0.6) is 0 Å². The lowest BCUT2D eigenvalue weighted by Gasteiger charge is -2.21. The molecule has 4 N–H and O–H groups in total. The molecule has 1 fully saturated rings. The Hall–Kier alpha value is -1.53. The number of anilines is 2. The van der Waals surface area contributed by atoms with Crippen LogP contribution in [0.15, 0.2) is 24.3 Å². The molecule has 2 unspecified atom stereocenters. The van der Waals surface area contributed by atoms with Gasteiger partial charge in [-0.2, -0.15) is 16.7 Å². The van der Waals surface area contributed by atoms with Crippen LogP contribution < -0.4 is 16.6 Å². The highest BCUT2D eigenvalue weighted by Gasteiger charge is 2.27. The van der Waals surface area contributed by atoms with Gasteiger partial charge in [0, 0.05) is 16.7 Å². The number of thioether (sulfide) groups is 1. The quantitative estimate of drug-likeness (QED) is 0.593. The first kappa shape index (κ1) is 13.5. The monoisotopic (exact) mass is 289 g/mol. The Balaban J connectivity index is 1.97. The maximum absolute atomic E-state index is 5.46. The number of para-hydroxylation sites is 1. The van der Waals surface area contributed by atoms with Gasteiger partial charge in [-0.05, 0) is 31.2 Å².